The average Bonchev–Trinajstić information content (AvgIpc) is 3.10. The van der Waals surface area contributed by atoms with E-state index in [0.29, 0.717) is 47.3 Å². The number of hydrogen-bond donors (Lipinski definition) is 2. The van der Waals surface area contributed by atoms with Crippen LogP contribution >= 0.6 is 0 Å². The number of hydrogen-bond acceptors (Lipinski definition) is 4. The minimum atomic E-state index is -4.36. The number of aliphatic hydroxyl groups excluding tert-OH is 1. The molecule has 0 aromatic rings. The van der Waals surface area contributed by atoms with Crippen molar-refractivity contribution in [1.29, 1.82) is 0 Å². The van der Waals surface area contributed by atoms with E-state index in [-0.39, 0.29) is 18.1 Å². The lowest BCUT2D eigenvalue weighted by Crippen LogP contribution is -2.57. The first-order valence-electron chi connectivity index (χ1n) is 13.8. The van der Waals surface area contributed by atoms with Crippen LogP contribution in [0.4, 0.5) is 0 Å². The molecule has 6 heteroatoms. The summed E-state index contributed by atoms with van der Waals surface area (Å²) in [6.45, 7) is 11.6. The zero-order valence-corrected chi connectivity index (χ0v) is 22.6. The molecule has 9 atom stereocenters. The maximum Gasteiger partial charge on any atom is 0.397 e. The van der Waals surface area contributed by atoms with Crippen molar-refractivity contribution in [3.8, 4) is 0 Å². The topological polar surface area (TPSA) is 83.8 Å². The van der Waals surface area contributed by atoms with E-state index in [9.17, 15) is 13.5 Å². The Morgan fingerprint density at radius 2 is 1.64 bits per heavy atom. The van der Waals surface area contributed by atoms with Crippen molar-refractivity contribution in [3.63, 3.8) is 0 Å². The molecule has 2 N–H and O–H groups in total. The summed E-state index contributed by atoms with van der Waals surface area (Å²) >= 11 is 0. The first-order chi connectivity index (χ1) is 15.5. The predicted molar refractivity (Wildman–Crippen MR) is 133 cm³/mol. The van der Waals surface area contributed by atoms with Crippen LogP contribution in [0.5, 0.6) is 0 Å². The summed E-state index contributed by atoms with van der Waals surface area (Å²) in [4.78, 5) is 0. The minimum Gasteiger partial charge on any atom is -0.393 e. The first-order valence-corrected chi connectivity index (χ1v) is 15.1. The molecule has 0 aliphatic heterocycles. The van der Waals surface area contributed by atoms with E-state index < -0.39 is 10.4 Å². The molecule has 0 bridgehead atoms. The van der Waals surface area contributed by atoms with E-state index in [4.69, 9.17) is 4.55 Å². The van der Waals surface area contributed by atoms with E-state index in [1.165, 1.54) is 57.8 Å². The Morgan fingerprint density at radius 1 is 0.970 bits per heavy atom. The Kier molecular flexibility index (Phi) is 9.01. The lowest BCUT2D eigenvalue weighted by molar-refractivity contribution is -0.164. The van der Waals surface area contributed by atoms with Crippen molar-refractivity contribution in [1.82, 2.24) is 0 Å². The van der Waals surface area contributed by atoms with Crippen molar-refractivity contribution in [3.05, 3.63) is 0 Å². The number of rotatable bonds is 6. The molecular weight excluding hydrogens is 436 g/mol. The molecule has 4 aliphatic carbocycles. The fourth-order valence-corrected chi connectivity index (χ4v) is 9.08. The van der Waals surface area contributed by atoms with E-state index in [2.05, 4.69) is 38.8 Å². The smallest absolute Gasteiger partial charge is 0.393 e. The van der Waals surface area contributed by atoms with Gasteiger partial charge in [-0.25, -0.2) is 4.18 Å². The number of aliphatic hydroxyl groups is 1. The summed E-state index contributed by atoms with van der Waals surface area (Å²) in [5.74, 6) is 3.24. The van der Waals surface area contributed by atoms with E-state index in [0.717, 1.165) is 12.8 Å². The summed E-state index contributed by atoms with van der Waals surface area (Å²) in [6.07, 6.45) is 14.2. The fourth-order valence-electron chi connectivity index (χ4n) is 8.77. The summed E-state index contributed by atoms with van der Waals surface area (Å²) < 4.78 is 35.2. The zero-order valence-electron chi connectivity index (χ0n) is 21.8. The lowest BCUT2D eigenvalue weighted by atomic mass is 9.44. The Morgan fingerprint density at radius 3 is 2.27 bits per heavy atom. The summed E-state index contributed by atoms with van der Waals surface area (Å²) in [7, 11) is -4.36. The lowest BCUT2D eigenvalue weighted by Gasteiger charge is -2.62. The third-order valence-corrected chi connectivity index (χ3v) is 11.1. The zero-order chi connectivity index (χ0) is 24.4. The van der Waals surface area contributed by atoms with Crippen molar-refractivity contribution < 1.29 is 22.3 Å². The molecule has 0 heterocycles. The van der Waals surface area contributed by atoms with E-state index >= 15 is 0 Å². The highest BCUT2D eigenvalue weighted by Crippen LogP contribution is 2.68. The average molecular weight is 487 g/mol. The van der Waals surface area contributed by atoms with Gasteiger partial charge in [0.15, 0.2) is 0 Å². The molecule has 0 aromatic heterocycles. The Labute approximate surface area is 203 Å². The highest BCUT2D eigenvalue weighted by atomic mass is 32.3. The Balaban J connectivity index is 0.000000709. The van der Waals surface area contributed by atoms with Gasteiger partial charge >= 0.3 is 10.4 Å². The number of unbranched alkanes of at least 4 members (excludes halogenated alkanes) is 1. The van der Waals surface area contributed by atoms with Crippen molar-refractivity contribution in [2.24, 2.45) is 46.3 Å². The summed E-state index contributed by atoms with van der Waals surface area (Å²) in [5.41, 5.74) is 0.633. The van der Waals surface area contributed by atoms with Gasteiger partial charge in [-0.3, -0.25) is 4.55 Å². The van der Waals surface area contributed by atoms with Crippen LogP contribution in [0, 0.1) is 46.3 Å². The maximum absolute atomic E-state index is 11.3. The second-order valence-corrected chi connectivity index (χ2v) is 13.4. The van der Waals surface area contributed by atoms with Gasteiger partial charge in [-0.2, -0.15) is 8.42 Å². The minimum absolute atomic E-state index is 0.0473. The van der Waals surface area contributed by atoms with Crippen LogP contribution in [-0.4, -0.2) is 30.8 Å². The number of fused-ring (bicyclic) bond motifs is 5. The molecule has 194 valence electrons. The highest BCUT2D eigenvalue weighted by molar-refractivity contribution is 7.80. The second kappa shape index (κ2) is 10.8. The van der Waals surface area contributed by atoms with E-state index in [1.807, 2.05) is 0 Å². The molecule has 5 nitrogen and oxygen atoms in total. The molecule has 0 spiro atoms. The van der Waals surface area contributed by atoms with Crippen molar-refractivity contribution in [2.45, 2.75) is 118 Å². The maximum atomic E-state index is 11.3. The van der Waals surface area contributed by atoms with Crippen LogP contribution in [0.2, 0.25) is 0 Å². The van der Waals surface area contributed by atoms with E-state index in [1.54, 1.807) is 0 Å². The van der Waals surface area contributed by atoms with Crippen LogP contribution in [-0.2, 0) is 14.6 Å². The molecule has 0 amide bonds. The third kappa shape index (κ3) is 5.65. The molecule has 4 fully saturated rings. The van der Waals surface area contributed by atoms with Gasteiger partial charge in [-0.15, -0.1) is 0 Å². The van der Waals surface area contributed by atoms with Gasteiger partial charge in [-0.05, 0) is 97.7 Å². The molecular formula is C27H50O5S. The molecule has 0 radical (unpaired) electrons. The highest BCUT2D eigenvalue weighted by Gasteiger charge is 2.62. The standard InChI is InChI=1S/C23H40O5S.C4H10/c1-15(10-13-28-29(25,26)27)17-7-8-18-21-19(9-12-23(17,18)3)22(2)11-5-4-6-16(22)14-20(21)24;1-3-4-2/h15-21,24H,4-14H2,1-3H3,(H,25,26,27);3-4H2,1-2H3/t15-,16?,17?,18?,19?,20?,21?,22?,23?;/m1./s1. The van der Waals surface area contributed by atoms with Crippen molar-refractivity contribution in [2.75, 3.05) is 6.61 Å². The third-order valence-electron chi connectivity index (χ3n) is 10.7. The van der Waals surface area contributed by atoms with Gasteiger partial charge in [-0.1, -0.05) is 60.3 Å². The van der Waals surface area contributed by atoms with Crippen LogP contribution < -0.4 is 0 Å². The van der Waals surface area contributed by atoms with Crippen LogP contribution in [0.15, 0.2) is 0 Å². The normalized spacial score (nSPS) is 43.5. The van der Waals surface area contributed by atoms with Gasteiger partial charge < -0.3 is 5.11 Å². The van der Waals surface area contributed by atoms with Gasteiger partial charge in [0.25, 0.3) is 0 Å². The molecule has 33 heavy (non-hydrogen) atoms. The molecule has 0 saturated heterocycles. The van der Waals surface area contributed by atoms with Crippen molar-refractivity contribution >= 4 is 10.4 Å². The molecule has 4 rings (SSSR count). The van der Waals surface area contributed by atoms with Crippen LogP contribution in [0.1, 0.15) is 112 Å². The largest absolute Gasteiger partial charge is 0.397 e. The molecule has 4 aliphatic rings. The fraction of sp³-hybridized carbons (Fsp3) is 1.00. The summed E-state index contributed by atoms with van der Waals surface area (Å²) in [5, 5.41) is 11.3. The van der Waals surface area contributed by atoms with Crippen LogP contribution in [0.3, 0.4) is 0 Å². The quantitative estimate of drug-likeness (QED) is 0.410. The SMILES string of the molecule is CCCC.C[C@H](CCOS(=O)(=O)O)C1CCC2C3C(O)CC4CCCCC4(C)C3CCC21C. The monoisotopic (exact) mass is 486 g/mol. The Bertz CT molecular complexity index is 737. The molecule has 0 aromatic carbocycles. The Hall–Kier alpha value is -0.170. The molecule has 8 unspecified atom stereocenters. The van der Waals surface area contributed by atoms with Gasteiger partial charge in [0.1, 0.15) is 0 Å². The second-order valence-electron chi connectivity index (χ2n) is 12.3. The first kappa shape index (κ1) is 27.4. The van der Waals surface area contributed by atoms with Gasteiger partial charge in [0.2, 0.25) is 0 Å². The van der Waals surface area contributed by atoms with Gasteiger partial charge in [0.05, 0.1) is 12.7 Å². The molecule has 4 saturated carbocycles. The van der Waals surface area contributed by atoms with Crippen LogP contribution in [0.25, 0.3) is 0 Å². The predicted octanol–water partition coefficient (Wildman–Crippen LogP) is 6.66. The summed E-state index contributed by atoms with van der Waals surface area (Å²) in [6, 6.07) is 0. The van der Waals surface area contributed by atoms with Gasteiger partial charge in [0, 0.05) is 0 Å².